The molecule has 0 aliphatic carbocycles. The standard InChI is InChI=1S/C15H9ClF4O3/c16-12-4-1-8(14(21)22)6-13(12)23-7-9-5-10(17)2-3-11(9)15(18,19)20/h1-6H,7H2,(H,21,22). The van der Waals surface area contributed by atoms with Crippen LogP contribution in [0.25, 0.3) is 0 Å². The highest BCUT2D eigenvalue weighted by Gasteiger charge is 2.33. The summed E-state index contributed by atoms with van der Waals surface area (Å²) in [5, 5.41) is 8.90. The molecule has 0 heterocycles. The van der Waals surface area contributed by atoms with Crippen molar-refractivity contribution in [3.63, 3.8) is 0 Å². The van der Waals surface area contributed by atoms with Gasteiger partial charge in [0.2, 0.25) is 0 Å². The van der Waals surface area contributed by atoms with Crippen molar-refractivity contribution in [1.29, 1.82) is 0 Å². The number of rotatable bonds is 4. The SMILES string of the molecule is O=C(O)c1ccc(Cl)c(OCc2cc(F)ccc2C(F)(F)F)c1. The highest BCUT2D eigenvalue weighted by atomic mass is 35.5. The number of carboxylic acids is 1. The summed E-state index contributed by atoms with van der Waals surface area (Å²) in [6, 6.07) is 5.57. The van der Waals surface area contributed by atoms with Gasteiger partial charge in [-0.15, -0.1) is 0 Å². The predicted octanol–water partition coefficient (Wildman–Crippen LogP) is 4.78. The summed E-state index contributed by atoms with van der Waals surface area (Å²) in [7, 11) is 0. The summed E-state index contributed by atoms with van der Waals surface area (Å²) in [5.74, 6) is -2.20. The van der Waals surface area contributed by atoms with E-state index in [1.807, 2.05) is 0 Å². The Kier molecular flexibility index (Phi) is 4.79. The molecule has 122 valence electrons. The van der Waals surface area contributed by atoms with Crippen LogP contribution in [0.2, 0.25) is 5.02 Å². The number of carbonyl (C=O) groups is 1. The van der Waals surface area contributed by atoms with Crippen LogP contribution in [-0.4, -0.2) is 11.1 Å². The Balaban J connectivity index is 2.30. The molecule has 1 N–H and O–H groups in total. The number of halogens is 5. The summed E-state index contributed by atoms with van der Waals surface area (Å²) < 4.78 is 56.9. The Bertz CT molecular complexity index is 744. The van der Waals surface area contributed by atoms with E-state index >= 15 is 0 Å². The molecule has 0 atom stereocenters. The number of carboxylic acid groups (broad SMARTS) is 1. The molecule has 0 unspecified atom stereocenters. The van der Waals surface area contributed by atoms with Gasteiger partial charge in [-0.25, -0.2) is 9.18 Å². The van der Waals surface area contributed by atoms with Crippen LogP contribution in [0.5, 0.6) is 5.75 Å². The second-order valence-corrected chi connectivity index (χ2v) is 4.95. The lowest BCUT2D eigenvalue weighted by molar-refractivity contribution is -0.138. The van der Waals surface area contributed by atoms with E-state index in [1.54, 1.807) is 0 Å². The summed E-state index contributed by atoms with van der Waals surface area (Å²) in [6.07, 6.45) is -4.67. The summed E-state index contributed by atoms with van der Waals surface area (Å²) in [5.41, 5.74) is -1.60. The maximum absolute atomic E-state index is 13.2. The number of aromatic carboxylic acids is 1. The molecule has 0 amide bonds. The third kappa shape index (κ3) is 4.13. The van der Waals surface area contributed by atoms with Crippen LogP contribution in [0.4, 0.5) is 17.6 Å². The fourth-order valence-corrected chi connectivity index (χ4v) is 2.03. The van der Waals surface area contributed by atoms with Crippen molar-refractivity contribution in [3.8, 4) is 5.75 Å². The quantitative estimate of drug-likeness (QED) is 0.809. The highest BCUT2D eigenvalue weighted by molar-refractivity contribution is 6.32. The minimum atomic E-state index is -4.67. The first kappa shape index (κ1) is 17.1. The fourth-order valence-electron chi connectivity index (χ4n) is 1.86. The van der Waals surface area contributed by atoms with E-state index in [-0.39, 0.29) is 16.3 Å². The zero-order chi connectivity index (χ0) is 17.2. The van der Waals surface area contributed by atoms with Crippen molar-refractivity contribution in [1.82, 2.24) is 0 Å². The molecule has 0 radical (unpaired) electrons. The van der Waals surface area contributed by atoms with Crippen molar-refractivity contribution in [2.75, 3.05) is 0 Å². The van der Waals surface area contributed by atoms with E-state index in [0.717, 1.165) is 6.07 Å². The van der Waals surface area contributed by atoms with Gasteiger partial charge >= 0.3 is 12.1 Å². The van der Waals surface area contributed by atoms with Crippen LogP contribution in [-0.2, 0) is 12.8 Å². The van der Waals surface area contributed by atoms with Gasteiger partial charge in [-0.3, -0.25) is 0 Å². The smallest absolute Gasteiger partial charge is 0.416 e. The van der Waals surface area contributed by atoms with Crippen LogP contribution in [0.1, 0.15) is 21.5 Å². The molecule has 0 spiro atoms. The van der Waals surface area contributed by atoms with Crippen molar-refractivity contribution in [2.24, 2.45) is 0 Å². The maximum Gasteiger partial charge on any atom is 0.416 e. The van der Waals surface area contributed by atoms with E-state index in [0.29, 0.717) is 18.2 Å². The molecular weight excluding hydrogens is 340 g/mol. The second kappa shape index (κ2) is 6.45. The zero-order valence-corrected chi connectivity index (χ0v) is 12.1. The Morgan fingerprint density at radius 1 is 1.17 bits per heavy atom. The lowest BCUT2D eigenvalue weighted by Crippen LogP contribution is -2.11. The third-order valence-electron chi connectivity index (χ3n) is 2.93. The summed E-state index contributed by atoms with van der Waals surface area (Å²) in [6.45, 7) is -0.616. The van der Waals surface area contributed by atoms with Gasteiger partial charge in [-0.2, -0.15) is 13.2 Å². The normalized spacial score (nSPS) is 11.3. The Morgan fingerprint density at radius 2 is 1.87 bits per heavy atom. The van der Waals surface area contributed by atoms with E-state index in [4.69, 9.17) is 21.4 Å². The van der Waals surface area contributed by atoms with Crippen LogP contribution in [0.15, 0.2) is 36.4 Å². The fraction of sp³-hybridized carbons (Fsp3) is 0.133. The number of ether oxygens (including phenoxy) is 1. The van der Waals surface area contributed by atoms with E-state index in [9.17, 15) is 22.4 Å². The van der Waals surface area contributed by atoms with Gasteiger partial charge in [0.25, 0.3) is 0 Å². The van der Waals surface area contributed by atoms with Gasteiger partial charge in [0.15, 0.2) is 0 Å². The molecule has 0 aliphatic rings. The van der Waals surface area contributed by atoms with Crippen LogP contribution >= 0.6 is 11.6 Å². The first-order valence-electron chi connectivity index (χ1n) is 6.20. The molecule has 0 aliphatic heterocycles. The molecule has 0 aromatic heterocycles. The topological polar surface area (TPSA) is 46.5 Å². The van der Waals surface area contributed by atoms with Crippen molar-refractivity contribution < 1.29 is 32.2 Å². The number of hydrogen-bond donors (Lipinski definition) is 1. The molecule has 0 fully saturated rings. The highest BCUT2D eigenvalue weighted by Crippen LogP contribution is 2.33. The molecule has 8 heteroatoms. The number of benzene rings is 2. The van der Waals surface area contributed by atoms with Gasteiger partial charge in [0, 0.05) is 5.56 Å². The molecule has 0 bridgehead atoms. The Labute approximate surface area is 133 Å². The minimum Gasteiger partial charge on any atom is -0.487 e. The molecule has 2 rings (SSSR count). The van der Waals surface area contributed by atoms with Gasteiger partial charge < -0.3 is 9.84 Å². The van der Waals surface area contributed by atoms with E-state index in [1.165, 1.54) is 12.1 Å². The van der Waals surface area contributed by atoms with Crippen LogP contribution in [0, 0.1) is 5.82 Å². The first-order valence-corrected chi connectivity index (χ1v) is 6.57. The minimum absolute atomic E-state index is 0.0277. The maximum atomic E-state index is 13.2. The average Bonchev–Trinajstić information content (AvgIpc) is 2.44. The molecular formula is C15H9ClF4O3. The molecule has 23 heavy (non-hydrogen) atoms. The third-order valence-corrected chi connectivity index (χ3v) is 3.25. The van der Waals surface area contributed by atoms with E-state index < -0.39 is 35.7 Å². The zero-order valence-electron chi connectivity index (χ0n) is 11.3. The molecule has 2 aromatic carbocycles. The average molecular weight is 349 g/mol. The predicted molar refractivity (Wildman–Crippen MR) is 74.1 cm³/mol. The molecule has 0 saturated heterocycles. The molecule has 0 saturated carbocycles. The second-order valence-electron chi connectivity index (χ2n) is 4.54. The Morgan fingerprint density at radius 3 is 2.48 bits per heavy atom. The lowest BCUT2D eigenvalue weighted by atomic mass is 10.1. The van der Waals surface area contributed by atoms with Crippen molar-refractivity contribution in [3.05, 3.63) is 63.9 Å². The molecule has 2 aromatic rings. The van der Waals surface area contributed by atoms with Gasteiger partial charge in [-0.05, 0) is 36.4 Å². The number of hydrogen-bond acceptors (Lipinski definition) is 2. The molecule has 3 nitrogen and oxygen atoms in total. The monoisotopic (exact) mass is 348 g/mol. The first-order chi connectivity index (χ1) is 10.7. The van der Waals surface area contributed by atoms with Gasteiger partial charge in [0.1, 0.15) is 18.2 Å². The van der Waals surface area contributed by atoms with Crippen molar-refractivity contribution in [2.45, 2.75) is 12.8 Å². The number of alkyl halides is 3. The summed E-state index contributed by atoms with van der Waals surface area (Å²) in [4.78, 5) is 10.9. The lowest BCUT2D eigenvalue weighted by Gasteiger charge is -2.14. The van der Waals surface area contributed by atoms with E-state index in [2.05, 4.69) is 0 Å². The van der Waals surface area contributed by atoms with Crippen LogP contribution in [0.3, 0.4) is 0 Å². The summed E-state index contributed by atoms with van der Waals surface area (Å²) >= 11 is 5.81. The van der Waals surface area contributed by atoms with Crippen molar-refractivity contribution >= 4 is 17.6 Å². The largest absolute Gasteiger partial charge is 0.487 e. The Hall–Kier alpha value is -2.28. The van der Waals surface area contributed by atoms with Gasteiger partial charge in [-0.1, -0.05) is 11.6 Å². The van der Waals surface area contributed by atoms with Crippen LogP contribution < -0.4 is 4.74 Å². The van der Waals surface area contributed by atoms with Gasteiger partial charge in [0.05, 0.1) is 16.1 Å².